The Bertz CT molecular complexity index is 369. The summed E-state index contributed by atoms with van der Waals surface area (Å²) in [7, 11) is 2.05. The van der Waals surface area contributed by atoms with Gasteiger partial charge < -0.3 is 4.90 Å². The summed E-state index contributed by atoms with van der Waals surface area (Å²) in [4.78, 5) is 2.17. The third-order valence-corrected chi connectivity index (χ3v) is 2.96. The lowest BCUT2D eigenvalue weighted by molar-refractivity contribution is 0.432. The van der Waals surface area contributed by atoms with Crippen LogP contribution in [-0.2, 0) is 0 Å². The van der Waals surface area contributed by atoms with Crippen molar-refractivity contribution >= 4 is 5.69 Å². The third kappa shape index (κ3) is 4.08. The van der Waals surface area contributed by atoms with E-state index in [4.69, 9.17) is 5.26 Å². The lowest BCUT2D eigenvalue weighted by Crippen LogP contribution is -2.43. The summed E-state index contributed by atoms with van der Waals surface area (Å²) in [6.07, 6.45) is 0.808. The molecule has 0 aromatic heterocycles. The van der Waals surface area contributed by atoms with Gasteiger partial charge in [0.25, 0.3) is 0 Å². The first-order chi connectivity index (χ1) is 8.11. The van der Waals surface area contributed by atoms with Crippen LogP contribution >= 0.6 is 0 Å². The van der Waals surface area contributed by atoms with Crippen LogP contribution in [0, 0.1) is 11.3 Å². The van der Waals surface area contributed by atoms with E-state index in [-0.39, 0.29) is 0 Å². The number of hydrogen-bond donors (Lipinski definition) is 1. The van der Waals surface area contributed by atoms with Crippen LogP contribution in [0.4, 0.5) is 5.69 Å². The summed E-state index contributed by atoms with van der Waals surface area (Å²) in [5.41, 5.74) is 0.752. The van der Waals surface area contributed by atoms with E-state index in [1.807, 2.05) is 32.0 Å². The second kappa shape index (κ2) is 6.27. The molecule has 1 aromatic carbocycles. The SMILES string of the molecule is CCNC(C)(C#N)CCN(C)c1ccccc1. The van der Waals surface area contributed by atoms with Crippen molar-refractivity contribution in [1.29, 1.82) is 5.26 Å². The zero-order chi connectivity index (χ0) is 12.7. The summed E-state index contributed by atoms with van der Waals surface area (Å²) in [5.74, 6) is 0. The van der Waals surface area contributed by atoms with Crippen LogP contribution in [0.3, 0.4) is 0 Å². The Morgan fingerprint density at radius 3 is 2.53 bits per heavy atom. The van der Waals surface area contributed by atoms with Crippen LogP contribution in [0.15, 0.2) is 30.3 Å². The van der Waals surface area contributed by atoms with Gasteiger partial charge in [-0.15, -0.1) is 0 Å². The molecule has 0 saturated carbocycles. The van der Waals surface area contributed by atoms with Crippen LogP contribution in [-0.4, -0.2) is 25.7 Å². The molecule has 0 heterocycles. The fourth-order valence-corrected chi connectivity index (χ4v) is 1.78. The predicted molar refractivity (Wildman–Crippen MR) is 72.0 cm³/mol. The van der Waals surface area contributed by atoms with Crippen molar-refractivity contribution in [3.05, 3.63) is 30.3 Å². The summed E-state index contributed by atoms with van der Waals surface area (Å²) in [5, 5.41) is 12.4. The van der Waals surface area contributed by atoms with E-state index in [0.717, 1.165) is 19.5 Å². The van der Waals surface area contributed by atoms with E-state index in [9.17, 15) is 0 Å². The molecule has 0 radical (unpaired) electrons. The van der Waals surface area contributed by atoms with E-state index < -0.39 is 5.54 Å². The van der Waals surface area contributed by atoms with Crippen molar-refractivity contribution in [3.8, 4) is 6.07 Å². The van der Waals surface area contributed by atoms with Gasteiger partial charge in [0.15, 0.2) is 0 Å². The quantitative estimate of drug-likeness (QED) is 0.817. The zero-order valence-electron chi connectivity index (χ0n) is 10.9. The monoisotopic (exact) mass is 231 g/mol. The normalized spacial score (nSPS) is 13.8. The highest BCUT2D eigenvalue weighted by Gasteiger charge is 2.22. The maximum Gasteiger partial charge on any atom is 0.105 e. The summed E-state index contributed by atoms with van der Waals surface area (Å²) < 4.78 is 0. The molecule has 0 bridgehead atoms. The molecule has 0 saturated heterocycles. The molecule has 1 unspecified atom stereocenters. The van der Waals surface area contributed by atoms with E-state index in [1.165, 1.54) is 5.69 Å². The Kier molecular flexibility index (Phi) is 4.99. The summed E-state index contributed by atoms with van der Waals surface area (Å²) in [6.45, 7) is 5.66. The van der Waals surface area contributed by atoms with Crippen molar-refractivity contribution in [2.45, 2.75) is 25.8 Å². The topological polar surface area (TPSA) is 39.1 Å². The second-order valence-electron chi connectivity index (χ2n) is 4.48. The lowest BCUT2D eigenvalue weighted by Gasteiger charge is -2.27. The van der Waals surface area contributed by atoms with Crippen molar-refractivity contribution in [2.24, 2.45) is 0 Å². The Balaban J connectivity index is 2.53. The number of rotatable bonds is 6. The van der Waals surface area contributed by atoms with Crippen molar-refractivity contribution in [1.82, 2.24) is 5.32 Å². The Morgan fingerprint density at radius 1 is 1.35 bits per heavy atom. The predicted octanol–water partition coefficient (Wildman–Crippen LogP) is 2.40. The zero-order valence-corrected chi connectivity index (χ0v) is 10.9. The van der Waals surface area contributed by atoms with Crippen LogP contribution < -0.4 is 10.2 Å². The van der Waals surface area contributed by atoms with E-state index in [0.29, 0.717) is 0 Å². The Labute approximate surface area is 104 Å². The van der Waals surface area contributed by atoms with Gasteiger partial charge >= 0.3 is 0 Å². The highest BCUT2D eigenvalue weighted by molar-refractivity contribution is 5.44. The van der Waals surface area contributed by atoms with Crippen molar-refractivity contribution < 1.29 is 0 Å². The molecule has 1 N–H and O–H groups in total. The molecule has 3 heteroatoms. The summed E-state index contributed by atoms with van der Waals surface area (Å²) >= 11 is 0. The third-order valence-electron chi connectivity index (χ3n) is 2.96. The molecule has 92 valence electrons. The number of hydrogen-bond acceptors (Lipinski definition) is 3. The maximum atomic E-state index is 9.17. The minimum Gasteiger partial charge on any atom is -0.374 e. The number of nitrogens with zero attached hydrogens (tertiary/aromatic N) is 2. The fraction of sp³-hybridized carbons (Fsp3) is 0.500. The molecule has 0 amide bonds. The van der Waals surface area contributed by atoms with Crippen LogP contribution in [0.1, 0.15) is 20.3 Å². The molecule has 0 fully saturated rings. The van der Waals surface area contributed by atoms with E-state index in [1.54, 1.807) is 0 Å². The number of anilines is 1. The first-order valence-corrected chi connectivity index (χ1v) is 6.04. The van der Waals surface area contributed by atoms with Gasteiger partial charge in [-0.1, -0.05) is 25.1 Å². The van der Waals surface area contributed by atoms with E-state index in [2.05, 4.69) is 35.5 Å². The molecule has 1 atom stereocenters. The van der Waals surface area contributed by atoms with Gasteiger partial charge in [0.2, 0.25) is 0 Å². The first-order valence-electron chi connectivity index (χ1n) is 6.04. The number of nitriles is 1. The summed E-state index contributed by atoms with van der Waals surface area (Å²) in [6, 6.07) is 12.6. The highest BCUT2D eigenvalue weighted by Crippen LogP contribution is 2.14. The van der Waals surface area contributed by atoms with Crippen LogP contribution in [0.2, 0.25) is 0 Å². The van der Waals surface area contributed by atoms with Gasteiger partial charge in [-0.2, -0.15) is 5.26 Å². The molecule has 1 aromatic rings. The molecule has 0 aliphatic heterocycles. The molecule has 1 rings (SSSR count). The van der Waals surface area contributed by atoms with Gasteiger partial charge in [0.05, 0.1) is 6.07 Å². The average molecular weight is 231 g/mol. The molecule has 3 nitrogen and oxygen atoms in total. The van der Waals surface area contributed by atoms with Crippen molar-refractivity contribution in [3.63, 3.8) is 0 Å². The molecular formula is C14H21N3. The Morgan fingerprint density at radius 2 is 2.00 bits per heavy atom. The molecular weight excluding hydrogens is 210 g/mol. The number of para-hydroxylation sites is 1. The second-order valence-corrected chi connectivity index (χ2v) is 4.48. The molecule has 0 aliphatic carbocycles. The first kappa shape index (κ1) is 13.5. The number of nitrogens with one attached hydrogen (secondary N) is 1. The van der Waals surface area contributed by atoms with Gasteiger partial charge in [-0.3, -0.25) is 5.32 Å². The van der Waals surface area contributed by atoms with Crippen LogP contribution in [0.25, 0.3) is 0 Å². The van der Waals surface area contributed by atoms with E-state index >= 15 is 0 Å². The standard InChI is InChI=1S/C14H21N3/c1-4-16-14(2,12-15)10-11-17(3)13-8-6-5-7-9-13/h5-9,16H,4,10-11H2,1-3H3. The minimum atomic E-state index is -0.433. The minimum absolute atomic E-state index is 0.433. The van der Waals surface area contributed by atoms with Gasteiger partial charge in [-0.25, -0.2) is 0 Å². The molecule has 0 aliphatic rings. The van der Waals surface area contributed by atoms with Gasteiger partial charge in [0.1, 0.15) is 5.54 Å². The Hall–Kier alpha value is -1.53. The van der Waals surface area contributed by atoms with Crippen molar-refractivity contribution in [2.75, 3.05) is 25.0 Å². The average Bonchev–Trinajstić information content (AvgIpc) is 2.37. The molecule has 17 heavy (non-hydrogen) atoms. The van der Waals surface area contributed by atoms with Gasteiger partial charge in [0, 0.05) is 19.3 Å². The largest absolute Gasteiger partial charge is 0.374 e. The highest BCUT2D eigenvalue weighted by atomic mass is 15.1. The fourth-order valence-electron chi connectivity index (χ4n) is 1.78. The molecule has 0 spiro atoms. The van der Waals surface area contributed by atoms with Crippen LogP contribution in [0.5, 0.6) is 0 Å². The van der Waals surface area contributed by atoms with Gasteiger partial charge in [-0.05, 0) is 32.0 Å². The number of benzene rings is 1. The lowest BCUT2D eigenvalue weighted by atomic mass is 9.99. The maximum absolute atomic E-state index is 9.17. The smallest absolute Gasteiger partial charge is 0.105 e.